The van der Waals surface area contributed by atoms with Gasteiger partial charge < -0.3 is 5.32 Å². The van der Waals surface area contributed by atoms with Crippen LogP contribution in [0.25, 0.3) is 0 Å². The molecule has 1 N–H and O–H groups in total. The Hall–Kier alpha value is -2.05. The number of benzene rings is 2. The van der Waals surface area contributed by atoms with Crippen molar-refractivity contribution in [1.82, 2.24) is 5.32 Å². The second-order valence-corrected chi connectivity index (χ2v) is 9.12. The Morgan fingerprint density at radius 3 is 2.48 bits per heavy atom. The van der Waals surface area contributed by atoms with E-state index in [1.165, 1.54) is 0 Å². The van der Waals surface area contributed by atoms with Crippen molar-refractivity contribution in [3.63, 3.8) is 0 Å². The standard InChI is InChI=1S/C20H25ClN2O3S/c1-13-9-10-14(2)17(11-13)16(4)22-20(24)12-23(27(5,25)26)19-8-6-7-18(21)15(19)3/h6-11,16H,12H2,1-5H3,(H,22,24)/t16-/m0/s1. The highest BCUT2D eigenvalue weighted by atomic mass is 35.5. The quantitative estimate of drug-likeness (QED) is 0.787. The Bertz CT molecular complexity index is 958. The van der Waals surface area contributed by atoms with Gasteiger partial charge in [-0.05, 0) is 56.5 Å². The minimum atomic E-state index is -3.65. The zero-order chi connectivity index (χ0) is 20.4. The van der Waals surface area contributed by atoms with Crippen molar-refractivity contribution in [2.24, 2.45) is 0 Å². The number of carbonyl (C=O) groups is 1. The summed E-state index contributed by atoms with van der Waals surface area (Å²) in [6, 6.07) is 10.8. The van der Waals surface area contributed by atoms with Crippen molar-refractivity contribution >= 4 is 33.2 Å². The second kappa shape index (κ2) is 8.31. The molecule has 5 nitrogen and oxygen atoms in total. The molecule has 7 heteroatoms. The summed E-state index contributed by atoms with van der Waals surface area (Å²) in [5.74, 6) is -0.381. The molecule has 2 aromatic rings. The molecule has 0 fully saturated rings. The molecule has 1 amide bonds. The summed E-state index contributed by atoms with van der Waals surface area (Å²) >= 11 is 6.12. The van der Waals surface area contributed by atoms with Crippen LogP contribution in [0.3, 0.4) is 0 Å². The van der Waals surface area contributed by atoms with Crippen molar-refractivity contribution < 1.29 is 13.2 Å². The van der Waals surface area contributed by atoms with Gasteiger partial charge in [-0.2, -0.15) is 0 Å². The molecule has 0 spiro atoms. The molecule has 0 radical (unpaired) electrons. The number of sulfonamides is 1. The molecular weight excluding hydrogens is 384 g/mol. The molecule has 0 aliphatic heterocycles. The first kappa shape index (κ1) is 21.3. The van der Waals surface area contributed by atoms with E-state index in [2.05, 4.69) is 5.32 Å². The van der Waals surface area contributed by atoms with E-state index in [0.717, 1.165) is 27.3 Å². The highest BCUT2D eigenvalue weighted by molar-refractivity contribution is 7.92. The van der Waals surface area contributed by atoms with Gasteiger partial charge in [-0.15, -0.1) is 0 Å². The van der Waals surface area contributed by atoms with Crippen LogP contribution in [0.2, 0.25) is 5.02 Å². The summed E-state index contributed by atoms with van der Waals surface area (Å²) in [7, 11) is -3.65. The Labute approximate surface area is 166 Å². The monoisotopic (exact) mass is 408 g/mol. The van der Waals surface area contributed by atoms with Gasteiger partial charge in [0.15, 0.2) is 0 Å². The smallest absolute Gasteiger partial charge is 0.241 e. The Morgan fingerprint density at radius 2 is 1.85 bits per heavy atom. The van der Waals surface area contributed by atoms with Crippen LogP contribution in [-0.2, 0) is 14.8 Å². The van der Waals surface area contributed by atoms with Gasteiger partial charge in [0.05, 0.1) is 18.0 Å². The van der Waals surface area contributed by atoms with Gasteiger partial charge in [0.2, 0.25) is 15.9 Å². The van der Waals surface area contributed by atoms with Crippen LogP contribution in [0.4, 0.5) is 5.69 Å². The third-order valence-corrected chi connectivity index (χ3v) is 6.01. The normalized spacial score (nSPS) is 12.5. The lowest BCUT2D eigenvalue weighted by atomic mass is 10.00. The van der Waals surface area contributed by atoms with E-state index >= 15 is 0 Å². The van der Waals surface area contributed by atoms with Gasteiger partial charge in [-0.1, -0.05) is 41.4 Å². The van der Waals surface area contributed by atoms with E-state index in [1.807, 2.05) is 39.0 Å². The molecule has 0 aromatic heterocycles. The van der Waals surface area contributed by atoms with E-state index in [0.29, 0.717) is 16.3 Å². The van der Waals surface area contributed by atoms with Crippen LogP contribution >= 0.6 is 11.6 Å². The van der Waals surface area contributed by atoms with Crippen LogP contribution in [0, 0.1) is 20.8 Å². The predicted molar refractivity (Wildman–Crippen MR) is 111 cm³/mol. The van der Waals surface area contributed by atoms with Gasteiger partial charge in [0, 0.05) is 5.02 Å². The minimum Gasteiger partial charge on any atom is -0.348 e. The van der Waals surface area contributed by atoms with Gasteiger partial charge in [-0.3, -0.25) is 9.10 Å². The van der Waals surface area contributed by atoms with E-state index in [4.69, 9.17) is 11.6 Å². The van der Waals surface area contributed by atoms with Gasteiger partial charge >= 0.3 is 0 Å². The number of hydrogen-bond donors (Lipinski definition) is 1. The topological polar surface area (TPSA) is 66.5 Å². The zero-order valence-corrected chi connectivity index (χ0v) is 17.8. The van der Waals surface area contributed by atoms with Crippen LogP contribution in [-0.4, -0.2) is 27.1 Å². The van der Waals surface area contributed by atoms with Crippen molar-refractivity contribution in [3.8, 4) is 0 Å². The molecule has 146 valence electrons. The van der Waals surface area contributed by atoms with E-state index in [1.54, 1.807) is 25.1 Å². The number of rotatable bonds is 6. The van der Waals surface area contributed by atoms with Gasteiger partial charge in [0.1, 0.15) is 6.54 Å². The molecule has 2 rings (SSSR count). The minimum absolute atomic E-state index is 0.237. The number of nitrogens with zero attached hydrogens (tertiary/aromatic N) is 1. The summed E-state index contributed by atoms with van der Waals surface area (Å²) in [4.78, 5) is 12.6. The highest BCUT2D eigenvalue weighted by Gasteiger charge is 2.24. The maximum atomic E-state index is 12.6. The average Bonchev–Trinajstić information content (AvgIpc) is 2.56. The molecule has 0 unspecified atom stereocenters. The summed E-state index contributed by atoms with van der Waals surface area (Å²) < 4.78 is 25.7. The molecule has 27 heavy (non-hydrogen) atoms. The maximum Gasteiger partial charge on any atom is 0.241 e. The lowest BCUT2D eigenvalue weighted by Gasteiger charge is -2.25. The van der Waals surface area contributed by atoms with E-state index in [9.17, 15) is 13.2 Å². The maximum absolute atomic E-state index is 12.6. The Kier molecular flexibility index (Phi) is 6.54. The lowest BCUT2D eigenvalue weighted by molar-refractivity contribution is -0.120. The fourth-order valence-electron chi connectivity index (χ4n) is 2.97. The number of aryl methyl sites for hydroxylation is 2. The molecule has 2 aromatic carbocycles. The number of halogens is 1. The molecule has 0 heterocycles. The highest BCUT2D eigenvalue weighted by Crippen LogP contribution is 2.28. The summed E-state index contributed by atoms with van der Waals surface area (Å²) in [6.07, 6.45) is 1.08. The molecule has 0 bridgehead atoms. The van der Waals surface area contributed by atoms with Crippen LogP contribution in [0.5, 0.6) is 0 Å². The molecule has 1 atom stereocenters. The number of carbonyl (C=O) groups excluding carboxylic acids is 1. The van der Waals surface area contributed by atoms with E-state index < -0.39 is 10.0 Å². The van der Waals surface area contributed by atoms with Gasteiger partial charge in [-0.25, -0.2) is 8.42 Å². The Morgan fingerprint density at radius 1 is 1.19 bits per heavy atom. The van der Waals surface area contributed by atoms with Crippen LogP contribution in [0.15, 0.2) is 36.4 Å². The largest absolute Gasteiger partial charge is 0.348 e. The zero-order valence-electron chi connectivity index (χ0n) is 16.2. The van der Waals surface area contributed by atoms with Crippen molar-refractivity contribution in [3.05, 3.63) is 63.7 Å². The summed E-state index contributed by atoms with van der Waals surface area (Å²) in [6.45, 7) is 7.27. The molecular formula is C20H25ClN2O3S. The molecule has 0 saturated heterocycles. The van der Waals surface area contributed by atoms with E-state index in [-0.39, 0.29) is 18.5 Å². The molecule has 0 saturated carbocycles. The number of hydrogen-bond acceptors (Lipinski definition) is 3. The molecule has 0 aliphatic rings. The van der Waals surface area contributed by atoms with Crippen molar-refractivity contribution in [2.75, 3.05) is 17.1 Å². The van der Waals surface area contributed by atoms with Crippen molar-refractivity contribution in [2.45, 2.75) is 33.7 Å². The number of anilines is 1. The SMILES string of the molecule is Cc1ccc(C)c([C@H](C)NC(=O)CN(c2cccc(Cl)c2C)S(C)(=O)=O)c1. The Balaban J connectivity index is 2.24. The summed E-state index contributed by atoms with van der Waals surface area (Å²) in [5, 5.41) is 3.34. The van der Waals surface area contributed by atoms with Gasteiger partial charge in [0.25, 0.3) is 0 Å². The number of amides is 1. The summed E-state index contributed by atoms with van der Waals surface area (Å²) in [5.41, 5.74) is 4.19. The number of nitrogens with one attached hydrogen (secondary N) is 1. The second-order valence-electron chi connectivity index (χ2n) is 6.80. The van der Waals surface area contributed by atoms with Crippen LogP contribution in [0.1, 0.15) is 35.2 Å². The van der Waals surface area contributed by atoms with Crippen LogP contribution < -0.4 is 9.62 Å². The lowest BCUT2D eigenvalue weighted by Crippen LogP contribution is -2.41. The first-order valence-electron chi connectivity index (χ1n) is 8.60. The average molecular weight is 409 g/mol. The predicted octanol–water partition coefficient (Wildman–Crippen LogP) is 3.91. The van der Waals surface area contributed by atoms with Crippen molar-refractivity contribution in [1.29, 1.82) is 0 Å². The molecule has 0 aliphatic carbocycles. The fourth-order valence-corrected chi connectivity index (χ4v) is 4.05. The third kappa shape index (κ3) is 5.23. The third-order valence-electron chi connectivity index (χ3n) is 4.47. The fraction of sp³-hybridized carbons (Fsp3) is 0.350. The first-order valence-corrected chi connectivity index (χ1v) is 10.8. The first-order chi connectivity index (χ1) is 12.5.